The molecule has 0 aliphatic heterocycles. The molecular formula is C13H14N2O2S. The van der Waals surface area contributed by atoms with Gasteiger partial charge in [0.15, 0.2) is 5.13 Å². The number of thiazole rings is 1. The molecule has 0 radical (unpaired) electrons. The van der Waals surface area contributed by atoms with Crippen LogP contribution in [0.15, 0.2) is 30.5 Å². The summed E-state index contributed by atoms with van der Waals surface area (Å²) in [4.78, 5) is 17.3. The van der Waals surface area contributed by atoms with Crippen LogP contribution in [0.25, 0.3) is 0 Å². The summed E-state index contributed by atoms with van der Waals surface area (Å²) >= 11 is 1.46. The van der Waals surface area contributed by atoms with Crippen LogP contribution in [0.4, 0.5) is 5.13 Å². The molecule has 94 valence electrons. The van der Waals surface area contributed by atoms with Crippen molar-refractivity contribution in [3.63, 3.8) is 0 Å². The molecule has 0 aliphatic rings. The van der Waals surface area contributed by atoms with E-state index in [0.29, 0.717) is 17.3 Å². The molecule has 4 nitrogen and oxygen atoms in total. The van der Waals surface area contributed by atoms with E-state index < -0.39 is 0 Å². The number of aromatic nitrogens is 1. The second-order valence-electron chi connectivity index (χ2n) is 3.82. The largest absolute Gasteiger partial charge is 0.380 e. The molecule has 0 saturated heterocycles. The maximum Gasteiger partial charge on any atom is 0.257 e. The van der Waals surface area contributed by atoms with Crippen molar-refractivity contribution in [2.75, 3.05) is 12.4 Å². The Hall–Kier alpha value is -1.72. The highest BCUT2D eigenvalue weighted by molar-refractivity contribution is 7.15. The van der Waals surface area contributed by atoms with E-state index >= 15 is 0 Å². The Morgan fingerprint density at radius 3 is 2.89 bits per heavy atom. The van der Waals surface area contributed by atoms with Crippen LogP contribution in [0.5, 0.6) is 0 Å². The van der Waals surface area contributed by atoms with Gasteiger partial charge in [-0.1, -0.05) is 18.2 Å². The van der Waals surface area contributed by atoms with E-state index in [-0.39, 0.29) is 5.91 Å². The molecule has 5 heteroatoms. The summed E-state index contributed by atoms with van der Waals surface area (Å²) in [6, 6.07) is 7.38. The van der Waals surface area contributed by atoms with Gasteiger partial charge in [-0.3, -0.25) is 10.1 Å². The second kappa shape index (κ2) is 5.75. The third kappa shape index (κ3) is 2.94. The zero-order chi connectivity index (χ0) is 13.0. The molecule has 1 aromatic carbocycles. The van der Waals surface area contributed by atoms with Crippen molar-refractivity contribution in [3.8, 4) is 0 Å². The van der Waals surface area contributed by atoms with E-state index in [1.54, 1.807) is 19.4 Å². The first kappa shape index (κ1) is 12.7. The molecular weight excluding hydrogens is 248 g/mol. The van der Waals surface area contributed by atoms with Crippen LogP contribution >= 0.6 is 11.3 Å². The first-order valence-corrected chi connectivity index (χ1v) is 6.33. The van der Waals surface area contributed by atoms with Crippen LogP contribution in [0.1, 0.15) is 20.8 Å². The molecule has 0 fully saturated rings. The quantitative estimate of drug-likeness (QED) is 0.921. The molecule has 0 bridgehead atoms. The molecule has 0 unspecified atom stereocenters. The smallest absolute Gasteiger partial charge is 0.257 e. The minimum atomic E-state index is -0.156. The van der Waals surface area contributed by atoms with Gasteiger partial charge in [-0.15, -0.1) is 11.3 Å². The fraction of sp³-hybridized carbons (Fsp3) is 0.231. The van der Waals surface area contributed by atoms with E-state index in [9.17, 15) is 4.79 Å². The number of hydrogen-bond donors (Lipinski definition) is 1. The highest BCUT2D eigenvalue weighted by atomic mass is 32.1. The van der Waals surface area contributed by atoms with Crippen molar-refractivity contribution in [2.45, 2.75) is 13.5 Å². The van der Waals surface area contributed by atoms with Gasteiger partial charge in [0.05, 0.1) is 6.61 Å². The number of aryl methyl sites for hydroxylation is 1. The minimum absolute atomic E-state index is 0.156. The Kier molecular flexibility index (Phi) is 4.07. The number of nitrogens with one attached hydrogen (secondary N) is 1. The van der Waals surface area contributed by atoms with Crippen molar-refractivity contribution >= 4 is 22.4 Å². The Bertz CT molecular complexity index is 551. The predicted octanol–water partition coefficient (Wildman–Crippen LogP) is 2.85. The Labute approximate surface area is 110 Å². The summed E-state index contributed by atoms with van der Waals surface area (Å²) in [5, 5.41) is 3.41. The Morgan fingerprint density at radius 2 is 2.22 bits per heavy atom. The third-order valence-electron chi connectivity index (χ3n) is 2.40. The number of nitrogens with zero attached hydrogens (tertiary/aromatic N) is 1. The zero-order valence-corrected chi connectivity index (χ0v) is 11.1. The topological polar surface area (TPSA) is 51.2 Å². The number of benzene rings is 1. The first-order chi connectivity index (χ1) is 8.70. The lowest BCUT2D eigenvalue weighted by Crippen LogP contribution is -2.14. The van der Waals surface area contributed by atoms with E-state index in [1.807, 2.05) is 25.1 Å². The first-order valence-electron chi connectivity index (χ1n) is 5.51. The Morgan fingerprint density at radius 1 is 1.44 bits per heavy atom. The van der Waals surface area contributed by atoms with Gasteiger partial charge in [-0.25, -0.2) is 4.98 Å². The molecule has 0 saturated carbocycles. The molecule has 1 aromatic heterocycles. The summed E-state index contributed by atoms with van der Waals surface area (Å²) in [5.74, 6) is -0.156. The zero-order valence-electron chi connectivity index (χ0n) is 10.3. The van der Waals surface area contributed by atoms with Crippen LogP contribution in [0.2, 0.25) is 0 Å². The molecule has 1 heterocycles. The molecule has 2 aromatic rings. The van der Waals surface area contributed by atoms with Gasteiger partial charge in [0.1, 0.15) is 0 Å². The molecule has 0 spiro atoms. The summed E-state index contributed by atoms with van der Waals surface area (Å²) in [5.41, 5.74) is 1.48. The number of rotatable bonds is 4. The normalized spacial score (nSPS) is 10.3. The van der Waals surface area contributed by atoms with Crippen LogP contribution in [0.3, 0.4) is 0 Å². The number of carbonyl (C=O) groups is 1. The third-order valence-corrected chi connectivity index (χ3v) is 3.23. The number of amides is 1. The summed E-state index contributed by atoms with van der Waals surface area (Å²) in [6.07, 6.45) is 1.74. The number of carbonyl (C=O) groups excluding carboxylic acids is 1. The van der Waals surface area contributed by atoms with E-state index in [4.69, 9.17) is 4.74 Å². The second-order valence-corrected chi connectivity index (χ2v) is 5.06. The SMILES string of the molecule is COCc1ccccc1C(=O)Nc1ncc(C)s1. The lowest BCUT2D eigenvalue weighted by atomic mass is 10.1. The van der Waals surface area contributed by atoms with Crippen molar-refractivity contribution in [1.82, 2.24) is 4.98 Å². The highest BCUT2D eigenvalue weighted by Crippen LogP contribution is 2.18. The maximum absolute atomic E-state index is 12.1. The summed E-state index contributed by atoms with van der Waals surface area (Å²) in [6.45, 7) is 2.37. The average molecular weight is 262 g/mol. The van der Waals surface area contributed by atoms with E-state index in [0.717, 1.165) is 10.4 Å². The van der Waals surface area contributed by atoms with Gasteiger partial charge in [-0.2, -0.15) is 0 Å². The van der Waals surface area contributed by atoms with Gasteiger partial charge in [0.25, 0.3) is 5.91 Å². The maximum atomic E-state index is 12.1. The van der Waals surface area contributed by atoms with Crippen LogP contribution in [-0.4, -0.2) is 18.0 Å². The van der Waals surface area contributed by atoms with Gasteiger partial charge >= 0.3 is 0 Å². The van der Waals surface area contributed by atoms with Gasteiger partial charge in [0.2, 0.25) is 0 Å². The predicted molar refractivity (Wildman–Crippen MR) is 72.0 cm³/mol. The molecule has 18 heavy (non-hydrogen) atoms. The number of anilines is 1. The summed E-state index contributed by atoms with van der Waals surface area (Å²) in [7, 11) is 1.61. The van der Waals surface area contributed by atoms with Crippen LogP contribution < -0.4 is 5.32 Å². The standard InChI is InChI=1S/C13H14N2O2S/c1-9-7-14-13(18-9)15-12(16)11-6-4-3-5-10(11)8-17-2/h3-7H,8H2,1-2H3,(H,14,15,16). The highest BCUT2D eigenvalue weighted by Gasteiger charge is 2.12. The van der Waals surface area contributed by atoms with Crippen LogP contribution in [-0.2, 0) is 11.3 Å². The molecule has 0 atom stereocenters. The summed E-state index contributed by atoms with van der Waals surface area (Å²) < 4.78 is 5.08. The molecule has 1 amide bonds. The van der Waals surface area contributed by atoms with Crippen molar-refractivity contribution in [1.29, 1.82) is 0 Å². The number of methoxy groups -OCH3 is 1. The van der Waals surface area contributed by atoms with Gasteiger partial charge in [0, 0.05) is 23.7 Å². The van der Waals surface area contributed by atoms with E-state index in [1.165, 1.54) is 11.3 Å². The molecule has 0 aliphatic carbocycles. The van der Waals surface area contributed by atoms with Gasteiger partial charge < -0.3 is 4.74 Å². The van der Waals surface area contributed by atoms with Crippen molar-refractivity contribution in [2.24, 2.45) is 0 Å². The fourth-order valence-electron chi connectivity index (χ4n) is 1.60. The minimum Gasteiger partial charge on any atom is -0.380 e. The van der Waals surface area contributed by atoms with Crippen molar-refractivity contribution < 1.29 is 9.53 Å². The average Bonchev–Trinajstić information content (AvgIpc) is 2.76. The lowest BCUT2D eigenvalue weighted by molar-refractivity contribution is 0.102. The lowest BCUT2D eigenvalue weighted by Gasteiger charge is -2.07. The number of hydrogen-bond acceptors (Lipinski definition) is 4. The molecule has 2 rings (SSSR count). The molecule has 1 N–H and O–H groups in total. The van der Waals surface area contributed by atoms with Crippen molar-refractivity contribution in [3.05, 3.63) is 46.5 Å². The Balaban J connectivity index is 2.18. The monoisotopic (exact) mass is 262 g/mol. The van der Waals surface area contributed by atoms with Gasteiger partial charge in [-0.05, 0) is 18.6 Å². The van der Waals surface area contributed by atoms with E-state index in [2.05, 4.69) is 10.3 Å². The number of ether oxygens (including phenoxy) is 1. The van der Waals surface area contributed by atoms with Crippen LogP contribution in [0, 0.1) is 6.92 Å². The fourth-order valence-corrected chi connectivity index (χ4v) is 2.26.